The van der Waals surface area contributed by atoms with E-state index in [-0.39, 0.29) is 44.0 Å². The van der Waals surface area contributed by atoms with Crippen molar-refractivity contribution in [1.29, 1.82) is 0 Å². The average Bonchev–Trinajstić information content (AvgIpc) is 2.74. The molecule has 0 saturated carbocycles. The van der Waals surface area contributed by atoms with Crippen LogP contribution in [0.25, 0.3) is 6.08 Å². The molecule has 0 aromatic heterocycles. The van der Waals surface area contributed by atoms with Crippen LogP contribution in [-0.4, -0.2) is 4.09 Å². The van der Waals surface area contributed by atoms with Gasteiger partial charge in [0.15, 0.2) is 0 Å². The zero-order chi connectivity index (χ0) is 8.84. The molecule has 1 heterocycles. The van der Waals surface area contributed by atoms with Gasteiger partial charge in [-0.25, -0.2) is 0 Å². The summed E-state index contributed by atoms with van der Waals surface area (Å²) in [5.41, 5.74) is 2.67. The minimum atomic E-state index is -0.241. The average molecular weight is 275 g/mol. The Bertz CT molecular complexity index is 417. The first-order valence-electron chi connectivity index (χ1n) is 4.44. The quantitative estimate of drug-likeness (QED) is 0.481. The van der Waals surface area contributed by atoms with Crippen molar-refractivity contribution in [3.05, 3.63) is 41.5 Å². The predicted octanol–water partition coefficient (Wildman–Crippen LogP) is -3.78. The van der Waals surface area contributed by atoms with Crippen molar-refractivity contribution in [1.82, 2.24) is 0 Å². The summed E-state index contributed by atoms with van der Waals surface area (Å²) < 4.78 is 0.964. The van der Waals surface area contributed by atoms with E-state index in [0.29, 0.717) is 14.2 Å². The molecular formula is C11H8Cl2OTi. The summed E-state index contributed by atoms with van der Waals surface area (Å²) in [6, 6.07) is 8.39. The molecule has 2 aliphatic rings. The third-order valence-electron chi connectivity index (χ3n) is 2.69. The zero-order valence-corrected chi connectivity index (χ0v) is 10.9. The molecule has 1 aromatic rings. The zero-order valence-electron chi connectivity index (χ0n) is 7.78. The minimum absolute atomic E-state index is 0. The molecule has 1 saturated heterocycles. The fourth-order valence-corrected chi connectivity index (χ4v) is 3.30. The van der Waals surface area contributed by atoms with Gasteiger partial charge >= 0.3 is 85.7 Å². The molecule has 4 heteroatoms. The summed E-state index contributed by atoms with van der Waals surface area (Å²) in [6.07, 6.45) is 4.35. The number of hydrogen-bond acceptors (Lipinski definition) is 1. The van der Waals surface area contributed by atoms with Gasteiger partial charge in [0.05, 0.1) is 0 Å². The molecule has 0 radical (unpaired) electrons. The normalized spacial score (nSPS) is 24.1. The summed E-state index contributed by atoms with van der Waals surface area (Å²) in [6.45, 7) is 0. The van der Waals surface area contributed by atoms with Crippen LogP contribution in [0.5, 0.6) is 0 Å². The first kappa shape index (κ1) is 13.0. The topological polar surface area (TPSA) is 17.1 Å². The summed E-state index contributed by atoms with van der Waals surface area (Å²) >= 11 is -0.241. The molecule has 1 nitrogen and oxygen atoms in total. The van der Waals surface area contributed by atoms with Crippen LogP contribution in [0.2, 0.25) is 4.22 Å². The number of carbonyl (C=O) groups excluding carboxylic acids is 1. The third-order valence-corrected chi connectivity index (χ3v) is 4.59. The second kappa shape index (κ2) is 4.84. The van der Waals surface area contributed by atoms with E-state index in [1.54, 1.807) is 0 Å². The Kier molecular flexibility index (Phi) is 4.19. The van der Waals surface area contributed by atoms with Gasteiger partial charge in [0.2, 0.25) is 0 Å². The summed E-state index contributed by atoms with van der Waals surface area (Å²) in [7, 11) is 0. The second-order valence-corrected chi connectivity index (χ2v) is 5.69. The van der Waals surface area contributed by atoms with Crippen LogP contribution in [0, 0.1) is 0 Å². The molecular weight excluding hydrogens is 267 g/mol. The molecule has 1 fully saturated rings. The number of hydrogen-bond donors (Lipinski definition) is 0. The molecule has 2 unspecified atom stereocenters. The molecule has 0 spiro atoms. The van der Waals surface area contributed by atoms with Crippen molar-refractivity contribution in [3.63, 3.8) is 0 Å². The van der Waals surface area contributed by atoms with Gasteiger partial charge in [-0.2, -0.15) is 0 Å². The minimum Gasteiger partial charge on any atom is -1.00 e. The molecule has 1 aliphatic heterocycles. The van der Waals surface area contributed by atoms with Crippen LogP contribution >= 0.6 is 0 Å². The molecule has 0 N–H and O–H groups in total. The van der Waals surface area contributed by atoms with Crippen LogP contribution in [0.15, 0.2) is 30.3 Å². The molecule has 76 valence electrons. The van der Waals surface area contributed by atoms with Crippen LogP contribution < -0.4 is 24.8 Å². The smallest absolute Gasteiger partial charge is 1.00 e. The Balaban J connectivity index is 0.000000562. The molecule has 15 heavy (non-hydrogen) atoms. The standard InChI is InChI=1S/C11H8O.2ClH.Ti/c12-8-7-10-6-5-9-3-1-2-4-11(9)10;;;/h1-7,10H;2*1H;/q;;;+2/p-2. The Morgan fingerprint density at radius 2 is 1.80 bits per heavy atom. The van der Waals surface area contributed by atoms with Gasteiger partial charge in [0.1, 0.15) is 0 Å². The van der Waals surface area contributed by atoms with E-state index >= 15 is 0 Å². The van der Waals surface area contributed by atoms with Crippen molar-refractivity contribution in [2.45, 2.75) is 10.1 Å². The van der Waals surface area contributed by atoms with Crippen LogP contribution in [-0.2, 0) is 23.9 Å². The molecule has 1 aromatic carbocycles. The van der Waals surface area contributed by atoms with Crippen molar-refractivity contribution >= 4 is 10.2 Å². The molecule has 2 atom stereocenters. The third kappa shape index (κ3) is 2.21. The summed E-state index contributed by atoms with van der Waals surface area (Å²) in [5.74, 6) is 0.434. The van der Waals surface area contributed by atoms with E-state index in [1.807, 2.05) is 0 Å². The predicted molar refractivity (Wildman–Crippen MR) is 47.0 cm³/mol. The van der Waals surface area contributed by atoms with Gasteiger partial charge in [-0.1, -0.05) is 0 Å². The SMILES string of the molecule is O=[C]1[Ti+2][CH]1C1C=Cc2ccccc21.[Cl-].[Cl-]. The molecule has 1 aliphatic carbocycles. The first-order chi connectivity index (χ1) is 6.36. The fourth-order valence-electron chi connectivity index (χ4n) is 1.93. The molecule has 3 rings (SSSR count). The van der Waals surface area contributed by atoms with Gasteiger partial charge in [-0.15, -0.1) is 0 Å². The number of halogens is 2. The monoisotopic (exact) mass is 274 g/mol. The Morgan fingerprint density at radius 1 is 1.13 bits per heavy atom. The molecule has 0 amide bonds. The summed E-state index contributed by atoms with van der Waals surface area (Å²) in [4.78, 5) is 11.1. The van der Waals surface area contributed by atoms with Crippen LogP contribution in [0.1, 0.15) is 17.0 Å². The Hall–Kier alpha value is -0.0757. The van der Waals surface area contributed by atoms with E-state index in [2.05, 4.69) is 36.4 Å². The van der Waals surface area contributed by atoms with Crippen LogP contribution in [0.3, 0.4) is 0 Å². The maximum atomic E-state index is 11.1. The fraction of sp³-hybridized carbons (Fsp3) is 0.182. The number of rotatable bonds is 1. The maximum absolute atomic E-state index is 11.1. The van der Waals surface area contributed by atoms with E-state index < -0.39 is 0 Å². The van der Waals surface area contributed by atoms with Crippen LogP contribution in [0.4, 0.5) is 0 Å². The van der Waals surface area contributed by atoms with Gasteiger partial charge in [0, 0.05) is 0 Å². The second-order valence-electron chi connectivity index (χ2n) is 3.50. The Morgan fingerprint density at radius 3 is 2.47 bits per heavy atom. The van der Waals surface area contributed by atoms with Gasteiger partial charge < -0.3 is 24.8 Å². The van der Waals surface area contributed by atoms with Crippen molar-refractivity contribution < 1.29 is 48.8 Å². The van der Waals surface area contributed by atoms with E-state index in [4.69, 9.17) is 0 Å². The van der Waals surface area contributed by atoms with E-state index in [9.17, 15) is 4.79 Å². The summed E-state index contributed by atoms with van der Waals surface area (Å²) in [5, 5.41) is 0. The number of fused-ring (bicyclic) bond motifs is 1. The van der Waals surface area contributed by atoms with Gasteiger partial charge in [-0.05, 0) is 0 Å². The van der Waals surface area contributed by atoms with E-state index in [0.717, 1.165) is 0 Å². The largest absolute Gasteiger partial charge is 1.00 e. The van der Waals surface area contributed by atoms with Gasteiger partial charge in [0.25, 0.3) is 0 Å². The molecule has 0 bridgehead atoms. The number of allylic oxidation sites excluding steroid dienone is 1. The number of carbonyl (C=O) groups is 1. The van der Waals surface area contributed by atoms with Crippen molar-refractivity contribution in [2.24, 2.45) is 0 Å². The first-order valence-corrected chi connectivity index (χ1v) is 6.12. The maximum Gasteiger partial charge on any atom is -1.00 e. The van der Waals surface area contributed by atoms with E-state index in [1.165, 1.54) is 11.1 Å². The number of benzene rings is 1. The van der Waals surface area contributed by atoms with Gasteiger partial charge in [-0.3, -0.25) is 0 Å². The van der Waals surface area contributed by atoms with Crippen molar-refractivity contribution in [3.8, 4) is 0 Å². The van der Waals surface area contributed by atoms with Crippen molar-refractivity contribution in [2.75, 3.05) is 0 Å². The Labute approximate surface area is 110 Å².